The summed E-state index contributed by atoms with van der Waals surface area (Å²) in [6.07, 6.45) is 2.65. The van der Waals surface area contributed by atoms with E-state index >= 15 is 0 Å². The normalized spacial score (nSPS) is 40.6. The SMILES string of the molecule is COC1CCC(C)C(OC)C1OC. The molecular weight excluding hydrogens is 168 g/mol. The first kappa shape index (κ1) is 11.0. The second-order valence-electron chi connectivity index (χ2n) is 3.73. The summed E-state index contributed by atoms with van der Waals surface area (Å²) in [7, 11) is 5.20. The van der Waals surface area contributed by atoms with E-state index in [4.69, 9.17) is 14.2 Å². The van der Waals surface area contributed by atoms with E-state index < -0.39 is 0 Å². The Morgan fingerprint density at radius 3 is 1.92 bits per heavy atom. The van der Waals surface area contributed by atoms with Crippen LogP contribution in [-0.2, 0) is 14.2 Å². The van der Waals surface area contributed by atoms with Gasteiger partial charge in [-0.3, -0.25) is 0 Å². The summed E-state index contributed by atoms with van der Waals surface area (Å²) in [6, 6.07) is 0. The summed E-state index contributed by atoms with van der Waals surface area (Å²) in [4.78, 5) is 0. The van der Waals surface area contributed by atoms with E-state index in [-0.39, 0.29) is 18.3 Å². The van der Waals surface area contributed by atoms with E-state index in [0.29, 0.717) is 5.92 Å². The Balaban J connectivity index is 2.64. The molecule has 0 N–H and O–H groups in total. The predicted molar refractivity (Wildman–Crippen MR) is 50.8 cm³/mol. The van der Waals surface area contributed by atoms with Gasteiger partial charge in [-0.15, -0.1) is 0 Å². The molecule has 1 aliphatic carbocycles. The lowest BCUT2D eigenvalue weighted by Gasteiger charge is -2.39. The highest BCUT2D eigenvalue weighted by Gasteiger charge is 2.37. The molecule has 3 heteroatoms. The van der Waals surface area contributed by atoms with Gasteiger partial charge in [-0.2, -0.15) is 0 Å². The number of rotatable bonds is 3. The highest BCUT2D eigenvalue weighted by atomic mass is 16.6. The van der Waals surface area contributed by atoms with Crippen LogP contribution in [0.15, 0.2) is 0 Å². The van der Waals surface area contributed by atoms with Gasteiger partial charge in [-0.25, -0.2) is 0 Å². The Bertz CT molecular complexity index is 149. The lowest BCUT2D eigenvalue weighted by molar-refractivity contribution is -0.146. The third-order valence-corrected chi connectivity index (χ3v) is 3.00. The first-order valence-corrected chi connectivity index (χ1v) is 4.83. The molecule has 4 unspecified atom stereocenters. The molecule has 78 valence electrons. The van der Waals surface area contributed by atoms with Crippen LogP contribution in [0.2, 0.25) is 0 Å². The van der Waals surface area contributed by atoms with Crippen LogP contribution in [0.25, 0.3) is 0 Å². The van der Waals surface area contributed by atoms with Crippen molar-refractivity contribution in [3.8, 4) is 0 Å². The summed E-state index contributed by atoms with van der Waals surface area (Å²) < 4.78 is 16.2. The van der Waals surface area contributed by atoms with Crippen LogP contribution in [0.5, 0.6) is 0 Å². The number of hydrogen-bond donors (Lipinski definition) is 0. The van der Waals surface area contributed by atoms with Gasteiger partial charge in [0.15, 0.2) is 0 Å². The van der Waals surface area contributed by atoms with Crippen LogP contribution in [0.4, 0.5) is 0 Å². The third kappa shape index (κ3) is 2.22. The number of methoxy groups -OCH3 is 3. The summed E-state index contributed by atoms with van der Waals surface area (Å²) in [5.41, 5.74) is 0. The quantitative estimate of drug-likeness (QED) is 0.671. The van der Waals surface area contributed by atoms with Crippen molar-refractivity contribution < 1.29 is 14.2 Å². The van der Waals surface area contributed by atoms with Gasteiger partial charge >= 0.3 is 0 Å². The fraction of sp³-hybridized carbons (Fsp3) is 1.00. The second-order valence-corrected chi connectivity index (χ2v) is 3.73. The second kappa shape index (κ2) is 4.94. The molecule has 1 saturated carbocycles. The molecule has 0 aromatic rings. The van der Waals surface area contributed by atoms with Crippen LogP contribution in [0, 0.1) is 5.92 Å². The third-order valence-electron chi connectivity index (χ3n) is 3.00. The monoisotopic (exact) mass is 188 g/mol. The number of ether oxygens (including phenoxy) is 3. The summed E-state index contributed by atoms with van der Waals surface area (Å²) in [5.74, 6) is 0.557. The zero-order valence-corrected chi connectivity index (χ0v) is 8.95. The minimum absolute atomic E-state index is 0.0822. The molecule has 4 atom stereocenters. The maximum Gasteiger partial charge on any atom is 0.110 e. The van der Waals surface area contributed by atoms with Gasteiger partial charge in [0.1, 0.15) is 6.10 Å². The van der Waals surface area contributed by atoms with Gasteiger partial charge in [0.05, 0.1) is 12.2 Å². The molecular formula is C10H20O3. The topological polar surface area (TPSA) is 27.7 Å². The summed E-state index contributed by atoms with van der Waals surface area (Å²) in [5, 5.41) is 0. The zero-order chi connectivity index (χ0) is 9.84. The van der Waals surface area contributed by atoms with Crippen molar-refractivity contribution in [2.75, 3.05) is 21.3 Å². The highest BCUT2D eigenvalue weighted by molar-refractivity contribution is 4.88. The van der Waals surface area contributed by atoms with Crippen LogP contribution in [-0.4, -0.2) is 39.6 Å². The smallest absolute Gasteiger partial charge is 0.110 e. The van der Waals surface area contributed by atoms with Crippen molar-refractivity contribution in [3.05, 3.63) is 0 Å². The lowest BCUT2D eigenvalue weighted by atomic mass is 9.83. The largest absolute Gasteiger partial charge is 0.379 e. The molecule has 0 saturated heterocycles. The first-order valence-electron chi connectivity index (χ1n) is 4.83. The van der Waals surface area contributed by atoms with Gasteiger partial charge in [-0.05, 0) is 18.8 Å². The molecule has 3 nitrogen and oxygen atoms in total. The van der Waals surface area contributed by atoms with Crippen molar-refractivity contribution in [1.29, 1.82) is 0 Å². The maximum atomic E-state index is 5.43. The molecule has 0 amide bonds. The molecule has 0 bridgehead atoms. The Kier molecular flexibility index (Phi) is 4.16. The van der Waals surface area contributed by atoms with Gasteiger partial charge in [0.25, 0.3) is 0 Å². The van der Waals surface area contributed by atoms with Crippen molar-refractivity contribution in [2.45, 2.75) is 38.1 Å². The summed E-state index contributed by atoms with van der Waals surface area (Å²) >= 11 is 0. The first-order chi connectivity index (χ1) is 6.24. The van der Waals surface area contributed by atoms with Crippen LogP contribution < -0.4 is 0 Å². The Morgan fingerprint density at radius 1 is 0.846 bits per heavy atom. The fourth-order valence-electron chi connectivity index (χ4n) is 2.20. The molecule has 0 spiro atoms. The molecule has 0 aromatic heterocycles. The van der Waals surface area contributed by atoms with Crippen molar-refractivity contribution in [1.82, 2.24) is 0 Å². The van der Waals surface area contributed by atoms with E-state index in [1.807, 2.05) is 0 Å². The minimum atomic E-state index is 0.0822. The standard InChI is InChI=1S/C10H20O3/c1-7-5-6-8(11-2)10(13-4)9(7)12-3/h7-10H,5-6H2,1-4H3. The highest BCUT2D eigenvalue weighted by Crippen LogP contribution is 2.29. The molecule has 1 aliphatic rings. The molecule has 1 fully saturated rings. The maximum absolute atomic E-state index is 5.43. The molecule has 13 heavy (non-hydrogen) atoms. The Labute approximate surface area is 80.4 Å². The average Bonchev–Trinajstić information content (AvgIpc) is 2.17. The Morgan fingerprint density at radius 2 is 1.46 bits per heavy atom. The van der Waals surface area contributed by atoms with Crippen molar-refractivity contribution in [3.63, 3.8) is 0 Å². The van der Waals surface area contributed by atoms with Gasteiger partial charge in [0.2, 0.25) is 0 Å². The van der Waals surface area contributed by atoms with Crippen LogP contribution in [0.3, 0.4) is 0 Å². The lowest BCUT2D eigenvalue weighted by Crippen LogP contribution is -2.48. The molecule has 1 rings (SSSR count). The fourth-order valence-corrected chi connectivity index (χ4v) is 2.20. The van der Waals surface area contributed by atoms with E-state index in [0.717, 1.165) is 12.8 Å². The molecule has 0 aromatic carbocycles. The summed E-state index contributed by atoms with van der Waals surface area (Å²) in [6.45, 7) is 2.20. The van der Waals surface area contributed by atoms with Gasteiger partial charge < -0.3 is 14.2 Å². The molecule has 0 radical (unpaired) electrons. The van der Waals surface area contributed by atoms with E-state index in [2.05, 4.69) is 6.92 Å². The zero-order valence-electron chi connectivity index (χ0n) is 8.95. The van der Waals surface area contributed by atoms with Crippen LogP contribution in [0.1, 0.15) is 19.8 Å². The van der Waals surface area contributed by atoms with Gasteiger partial charge in [0, 0.05) is 21.3 Å². The Hall–Kier alpha value is -0.120. The van der Waals surface area contributed by atoms with Gasteiger partial charge in [-0.1, -0.05) is 6.92 Å². The molecule has 0 heterocycles. The molecule has 0 aliphatic heterocycles. The van der Waals surface area contributed by atoms with E-state index in [1.165, 1.54) is 0 Å². The van der Waals surface area contributed by atoms with Crippen molar-refractivity contribution >= 4 is 0 Å². The average molecular weight is 188 g/mol. The van der Waals surface area contributed by atoms with Crippen molar-refractivity contribution in [2.24, 2.45) is 5.92 Å². The van der Waals surface area contributed by atoms with Crippen LogP contribution >= 0.6 is 0 Å². The van der Waals surface area contributed by atoms with E-state index in [1.54, 1.807) is 21.3 Å². The minimum Gasteiger partial charge on any atom is -0.379 e. The van der Waals surface area contributed by atoms with E-state index in [9.17, 15) is 0 Å². The number of hydrogen-bond acceptors (Lipinski definition) is 3. The predicted octanol–water partition coefficient (Wildman–Crippen LogP) is 1.46.